The molecule has 0 fully saturated rings. The van der Waals surface area contributed by atoms with Crippen LogP contribution in [0.1, 0.15) is 5.56 Å². The summed E-state index contributed by atoms with van der Waals surface area (Å²) in [6.45, 7) is 1.71. The molecule has 0 saturated heterocycles. The van der Waals surface area contributed by atoms with E-state index in [1.54, 1.807) is 25.3 Å². The summed E-state index contributed by atoms with van der Waals surface area (Å²) in [4.78, 5) is 7.16. The molecule has 5 heteroatoms. The molecule has 0 bridgehead atoms. The third-order valence-corrected chi connectivity index (χ3v) is 3.37. The fraction of sp³-hybridized carbons (Fsp3) is 0.0909. The second-order valence-electron chi connectivity index (χ2n) is 3.37. The van der Waals surface area contributed by atoms with E-state index < -0.39 is 0 Å². The van der Waals surface area contributed by atoms with E-state index in [0.29, 0.717) is 16.0 Å². The number of halogens is 2. The molecule has 0 aliphatic heterocycles. The van der Waals surface area contributed by atoms with Gasteiger partial charge in [-0.2, -0.15) is 0 Å². The molecule has 2 nitrogen and oxygen atoms in total. The van der Waals surface area contributed by atoms with Crippen LogP contribution in [0.25, 0.3) is 11.4 Å². The highest BCUT2D eigenvalue weighted by Gasteiger charge is 2.03. The van der Waals surface area contributed by atoms with E-state index in [1.165, 1.54) is 6.07 Å². The first-order valence-electron chi connectivity index (χ1n) is 4.59. The van der Waals surface area contributed by atoms with Gasteiger partial charge in [0, 0.05) is 11.8 Å². The molecule has 0 atom stereocenters. The summed E-state index contributed by atoms with van der Waals surface area (Å²) in [6.07, 6.45) is 1.63. The highest BCUT2D eigenvalue weighted by atomic mass is 79.9. The van der Waals surface area contributed by atoms with Gasteiger partial charge < -0.3 is 4.98 Å². The fourth-order valence-electron chi connectivity index (χ4n) is 1.32. The van der Waals surface area contributed by atoms with Gasteiger partial charge in [0.15, 0.2) is 0 Å². The summed E-state index contributed by atoms with van der Waals surface area (Å²) in [7, 11) is 0. The number of benzene rings is 1. The second kappa shape index (κ2) is 4.43. The van der Waals surface area contributed by atoms with Crippen molar-refractivity contribution in [3.63, 3.8) is 0 Å². The zero-order valence-electron chi connectivity index (χ0n) is 8.42. The van der Waals surface area contributed by atoms with Crippen LogP contribution in [0.3, 0.4) is 0 Å². The van der Waals surface area contributed by atoms with Gasteiger partial charge in [-0.15, -0.1) is 0 Å². The van der Waals surface area contributed by atoms with E-state index in [1.807, 2.05) is 0 Å². The van der Waals surface area contributed by atoms with E-state index in [2.05, 4.69) is 25.9 Å². The van der Waals surface area contributed by atoms with Crippen LogP contribution >= 0.6 is 28.1 Å². The summed E-state index contributed by atoms with van der Waals surface area (Å²) in [6, 6.07) is 4.83. The van der Waals surface area contributed by atoms with Crippen molar-refractivity contribution in [3.05, 3.63) is 44.9 Å². The van der Waals surface area contributed by atoms with Crippen molar-refractivity contribution >= 4 is 28.1 Å². The van der Waals surface area contributed by atoms with E-state index >= 15 is 0 Å². The van der Waals surface area contributed by atoms with Gasteiger partial charge in [-0.25, -0.2) is 9.37 Å². The van der Waals surface area contributed by atoms with Gasteiger partial charge in [-0.3, -0.25) is 0 Å². The molecule has 0 amide bonds. The summed E-state index contributed by atoms with van der Waals surface area (Å²) < 4.78 is 14.4. The van der Waals surface area contributed by atoms with Crippen molar-refractivity contribution in [3.8, 4) is 11.4 Å². The molecule has 16 heavy (non-hydrogen) atoms. The normalized spacial score (nSPS) is 10.4. The molecule has 0 aliphatic carbocycles. The largest absolute Gasteiger partial charge is 0.330 e. The van der Waals surface area contributed by atoms with Crippen molar-refractivity contribution in [2.45, 2.75) is 6.92 Å². The number of aryl methyl sites for hydroxylation is 1. The number of aromatic nitrogens is 2. The average molecular weight is 299 g/mol. The zero-order valence-corrected chi connectivity index (χ0v) is 10.8. The predicted octanol–water partition coefficient (Wildman–Crippen LogP) is 4.02. The number of H-pyrrole nitrogens is 1. The molecule has 0 spiro atoms. The van der Waals surface area contributed by atoms with Crippen molar-refractivity contribution in [1.29, 1.82) is 0 Å². The maximum absolute atomic E-state index is 13.1. The Bertz CT molecular complexity index is 595. The average Bonchev–Trinajstić information content (AvgIpc) is 2.26. The standard InChI is InChI=1S/C11H8BrFN2S/c1-6-4-7(2-3-9(6)13)10-14-5-8(12)11(16)15-10/h2-5H,1H3,(H,14,15,16). The molecule has 1 aromatic heterocycles. The molecular weight excluding hydrogens is 291 g/mol. The lowest BCUT2D eigenvalue weighted by molar-refractivity contribution is 0.618. The topological polar surface area (TPSA) is 28.7 Å². The molecule has 82 valence electrons. The van der Waals surface area contributed by atoms with Gasteiger partial charge in [0.2, 0.25) is 0 Å². The maximum atomic E-state index is 13.1. The predicted molar refractivity (Wildman–Crippen MR) is 67.3 cm³/mol. The van der Waals surface area contributed by atoms with Crippen LogP contribution in [0, 0.1) is 17.4 Å². The number of nitrogens with zero attached hydrogens (tertiary/aromatic N) is 1. The van der Waals surface area contributed by atoms with Crippen LogP contribution in [-0.4, -0.2) is 9.97 Å². The smallest absolute Gasteiger partial charge is 0.138 e. The summed E-state index contributed by atoms with van der Waals surface area (Å²) in [5.74, 6) is 0.413. The maximum Gasteiger partial charge on any atom is 0.138 e. The SMILES string of the molecule is Cc1cc(-c2ncc(Br)c(=S)[nH]2)ccc1F. The van der Waals surface area contributed by atoms with Crippen molar-refractivity contribution in [2.24, 2.45) is 0 Å². The number of rotatable bonds is 1. The summed E-state index contributed by atoms with van der Waals surface area (Å²) in [5, 5.41) is 0. The Morgan fingerprint density at radius 3 is 2.81 bits per heavy atom. The van der Waals surface area contributed by atoms with Crippen LogP contribution in [0.15, 0.2) is 28.9 Å². The first kappa shape index (κ1) is 11.4. The van der Waals surface area contributed by atoms with Crippen LogP contribution < -0.4 is 0 Å². The van der Waals surface area contributed by atoms with Gasteiger partial charge in [0.25, 0.3) is 0 Å². The number of hydrogen-bond donors (Lipinski definition) is 1. The molecule has 0 radical (unpaired) electrons. The third kappa shape index (κ3) is 2.20. The van der Waals surface area contributed by atoms with Crippen molar-refractivity contribution in [1.82, 2.24) is 9.97 Å². The first-order chi connectivity index (χ1) is 7.58. The molecule has 0 aliphatic rings. The zero-order chi connectivity index (χ0) is 11.7. The van der Waals surface area contributed by atoms with Crippen molar-refractivity contribution in [2.75, 3.05) is 0 Å². The molecular formula is C11H8BrFN2S. The highest BCUT2D eigenvalue weighted by Crippen LogP contribution is 2.19. The van der Waals surface area contributed by atoms with Gasteiger partial charge in [0.05, 0.1) is 4.47 Å². The lowest BCUT2D eigenvalue weighted by Crippen LogP contribution is -1.91. The van der Waals surface area contributed by atoms with E-state index in [9.17, 15) is 4.39 Å². The number of hydrogen-bond acceptors (Lipinski definition) is 2. The minimum atomic E-state index is -0.223. The fourth-order valence-corrected chi connectivity index (χ4v) is 1.67. The summed E-state index contributed by atoms with van der Waals surface area (Å²) >= 11 is 8.35. The molecule has 2 aromatic rings. The minimum absolute atomic E-state index is 0.223. The molecule has 2 rings (SSSR count). The van der Waals surface area contributed by atoms with Gasteiger partial charge in [-0.1, -0.05) is 12.2 Å². The van der Waals surface area contributed by atoms with E-state index in [0.717, 1.165) is 10.0 Å². The van der Waals surface area contributed by atoms with Crippen molar-refractivity contribution < 1.29 is 4.39 Å². The third-order valence-electron chi connectivity index (χ3n) is 2.19. The molecule has 0 unspecified atom stereocenters. The van der Waals surface area contributed by atoms with Crippen LogP contribution in [0.4, 0.5) is 4.39 Å². The van der Waals surface area contributed by atoms with Crippen LogP contribution in [0.2, 0.25) is 0 Å². The lowest BCUT2D eigenvalue weighted by atomic mass is 10.1. The van der Waals surface area contributed by atoms with E-state index in [4.69, 9.17) is 12.2 Å². The van der Waals surface area contributed by atoms with Gasteiger partial charge in [-0.05, 0) is 46.6 Å². The van der Waals surface area contributed by atoms with Crippen LogP contribution in [0.5, 0.6) is 0 Å². The Kier molecular flexibility index (Phi) is 3.16. The second-order valence-corrected chi connectivity index (χ2v) is 4.64. The summed E-state index contributed by atoms with van der Waals surface area (Å²) in [5.41, 5.74) is 1.40. The Labute approximate surface area is 106 Å². The quantitative estimate of drug-likeness (QED) is 0.806. The first-order valence-corrected chi connectivity index (χ1v) is 5.79. The minimum Gasteiger partial charge on any atom is -0.330 e. The monoisotopic (exact) mass is 298 g/mol. The molecule has 0 saturated carbocycles. The highest BCUT2D eigenvalue weighted by molar-refractivity contribution is 9.10. The number of nitrogens with one attached hydrogen (secondary N) is 1. The lowest BCUT2D eigenvalue weighted by Gasteiger charge is -2.03. The van der Waals surface area contributed by atoms with E-state index in [-0.39, 0.29) is 5.82 Å². The molecule has 1 aromatic carbocycles. The Morgan fingerprint density at radius 2 is 2.19 bits per heavy atom. The van der Waals surface area contributed by atoms with Crippen LogP contribution in [-0.2, 0) is 0 Å². The number of aromatic amines is 1. The van der Waals surface area contributed by atoms with Gasteiger partial charge in [0.1, 0.15) is 16.3 Å². The Hall–Kier alpha value is -1.07. The Balaban J connectivity index is 2.55. The molecule has 1 heterocycles. The molecule has 1 N–H and O–H groups in total. The van der Waals surface area contributed by atoms with Gasteiger partial charge >= 0.3 is 0 Å². The Morgan fingerprint density at radius 1 is 1.44 bits per heavy atom.